The minimum absolute atomic E-state index is 0. The molecule has 0 atom stereocenters. The van der Waals surface area contributed by atoms with E-state index in [0.717, 1.165) is 0 Å². The molecular weight excluding hydrogens is 211 g/mol. The van der Waals surface area contributed by atoms with Crippen LogP contribution >= 0.6 is 0 Å². The number of carbonyl (C=O) groups excluding carboxylic acids is 1. The van der Waals surface area contributed by atoms with E-state index in [0.29, 0.717) is 6.42 Å². The second-order valence-corrected chi connectivity index (χ2v) is 3.37. The molecule has 0 spiro atoms. The van der Waals surface area contributed by atoms with E-state index < -0.39 is 22.0 Å². The predicted octanol–water partition coefficient (Wildman–Crippen LogP) is -0.474. The van der Waals surface area contributed by atoms with Gasteiger partial charge in [-0.3, -0.25) is 9.35 Å². The molecule has 0 aliphatic heterocycles. The second kappa shape index (κ2) is 7.42. The third-order valence-electron chi connectivity index (χ3n) is 0.823. The summed E-state index contributed by atoms with van der Waals surface area (Å²) in [4.78, 5) is 10.5. The van der Waals surface area contributed by atoms with Crippen molar-refractivity contribution in [1.82, 2.24) is 0 Å². The Balaban J connectivity index is 0. The first-order valence-electron chi connectivity index (χ1n) is 3.06. The molecule has 0 amide bonds. The molecule has 1 N–H and O–H groups in total. The van der Waals surface area contributed by atoms with Crippen molar-refractivity contribution < 1.29 is 22.5 Å². The van der Waals surface area contributed by atoms with Gasteiger partial charge in [0.25, 0.3) is 0 Å². The Morgan fingerprint density at radius 1 is 1.50 bits per heavy atom. The van der Waals surface area contributed by atoms with Gasteiger partial charge in [-0.1, -0.05) is 6.92 Å². The van der Waals surface area contributed by atoms with Crippen molar-refractivity contribution in [3.63, 3.8) is 0 Å². The van der Waals surface area contributed by atoms with E-state index in [1.165, 1.54) is 0 Å². The van der Waals surface area contributed by atoms with Gasteiger partial charge < -0.3 is 4.74 Å². The number of hydrogen-bond donors (Lipinski definition) is 1. The van der Waals surface area contributed by atoms with E-state index in [1.54, 1.807) is 6.92 Å². The third-order valence-corrected chi connectivity index (χ3v) is 1.24. The Bertz CT molecular complexity index is 222. The zero-order chi connectivity index (χ0) is 8.91. The molecule has 0 aromatic carbocycles. The molecule has 0 aliphatic carbocycles. The summed E-state index contributed by atoms with van der Waals surface area (Å²) >= 11 is 0. The van der Waals surface area contributed by atoms with E-state index in [2.05, 4.69) is 4.74 Å². The molecule has 0 bridgehead atoms. The molecule has 0 fully saturated rings. The summed E-state index contributed by atoms with van der Waals surface area (Å²) < 4.78 is 32.3. The molecule has 12 heavy (non-hydrogen) atoms. The molecule has 0 radical (unpaired) electrons. The summed E-state index contributed by atoms with van der Waals surface area (Å²) in [5, 5.41) is 0. The topological polar surface area (TPSA) is 80.7 Å². The van der Waals surface area contributed by atoms with Gasteiger partial charge in [-0.25, -0.2) is 0 Å². The Hall–Kier alpha value is 1.02. The zero-order valence-electron chi connectivity index (χ0n) is 6.11. The van der Waals surface area contributed by atoms with E-state index in [-0.39, 0.29) is 57.8 Å². The number of hydrogen-bond acceptors (Lipinski definition) is 4. The van der Waals surface area contributed by atoms with Gasteiger partial charge in [0.2, 0.25) is 5.94 Å². The molecular formula is C5H11KO5S. The summed E-state index contributed by atoms with van der Waals surface area (Å²) in [6.07, 6.45) is 0.750. The van der Waals surface area contributed by atoms with E-state index in [9.17, 15) is 13.2 Å². The Kier molecular flexibility index (Phi) is 9.58. The number of carbonyl (C=O) groups is 1. The first-order valence-corrected chi connectivity index (χ1v) is 4.67. The first-order chi connectivity index (χ1) is 4.95. The maximum atomic E-state index is 10.5. The van der Waals surface area contributed by atoms with Crippen molar-refractivity contribution in [3.05, 3.63) is 0 Å². The fourth-order valence-electron chi connectivity index (χ4n) is 0.416. The fraction of sp³-hybridized carbons (Fsp3) is 0.800. The van der Waals surface area contributed by atoms with Crippen molar-refractivity contribution in [1.29, 1.82) is 0 Å². The van der Waals surface area contributed by atoms with Gasteiger partial charge in [-0.2, -0.15) is 8.42 Å². The first kappa shape index (κ1) is 15.5. The van der Waals surface area contributed by atoms with Crippen LogP contribution in [0.2, 0.25) is 0 Å². The van der Waals surface area contributed by atoms with Crippen molar-refractivity contribution in [2.75, 3.05) is 5.94 Å². The van der Waals surface area contributed by atoms with E-state index in [4.69, 9.17) is 4.55 Å². The van der Waals surface area contributed by atoms with Crippen LogP contribution in [-0.4, -0.2) is 76.3 Å². The molecule has 0 aromatic heterocycles. The molecule has 7 heteroatoms. The Morgan fingerprint density at radius 3 is 2.33 bits per heavy atom. The van der Waals surface area contributed by atoms with Crippen LogP contribution in [0.15, 0.2) is 0 Å². The van der Waals surface area contributed by atoms with Crippen molar-refractivity contribution in [2.24, 2.45) is 0 Å². The molecule has 0 saturated heterocycles. The molecule has 5 nitrogen and oxygen atoms in total. The normalized spacial score (nSPS) is 10.2. The summed E-state index contributed by atoms with van der Waals surface area (Å²) in [5.74, 6) is -1.57. The molecule has 0 aliphatic rings. The van der Waals surface area contributed by atoms with Gasteiger partial charge in [0, 0.05) is 6.42 Å². The number of ether oxygens (including phenoxy) is 1. The maximum absolute atomic E-state index is 10.5. The van der Waals surface area contributed by atoms with Gasteiger partial charge in [0.05, 0.1) is 0 Å². The van der Waals surface area contributed by atoms with Gasteiger partial charge >= 0.3 is 67.5 Å². The Labute approximate surface area is 114 Å². The average Bonchev–Trinajstić information content (AvgIpc) is 1.83. The third kappa shape index (κ3) is 11.0. The zero-order valence-corrected chi connectivity index (χ0v) is 6.93. The van der Waals surface area contributed by atoms with Crippen LogP contribution < -0.4 is 0 Å². The standard InChI is InChI=1S/C5H10O5S.K.H/c1-2-3-5(6)10-4-11(7,8)9;;/h2-4H2,1H3,(H,7,8,9);;. The molecule has 0 aromatic rings. The number of esters is 1. The summed E-state index contributed by atoms with van der Waals surface area (Å²) in [6.45, 7) is 1.76. The molecule has 0 rings (SSSR count). The SMILES string of the molecule is CCCC(=O)OCS(=O)(=O)O.[KH]. The Morgan fingerprint density at radius 2 is 2.00 bits per heavy atom. The monoisotopic (exact) mass is 222 g/mol. The van der Waals surface area contributed by atoms with Crippen LogP contribution in [0.25, 0.3) is 0 Å². The van der Waals surface area contributed by atoms with E-state index in [1.807, 2.05) is 0 Å². The quantitative estimate of drug-likeness (QED) is 0.395. The predicted molar refractivity (Wildman–Crippen MR) is 44.6 cm³/mol. The van der Waals surface area contributed by atoms with Crippen molar-refractivity contribution in [2.45, 2.75) is 19.8 Å². The second-order valence-electron chi connectivity index (χ2n) is 1.97. The van der Waals surface area contributed by atoms with Crippen LogP contribution in [0.5, 0.6) is 0 Å². The number of rotatable bonds is 4. The van der Waals surface area contributed by atoms with E-state index >= 15 is 0 Å². The summed E-state index contributed by atoms with van der Waals surface area (Å²) in [7, 11) is -4.18. The molecule has 0 unspecified atom stereocenters. The minimum atomic E-state index is -4.18. The summed E-state index contributed by atoms with van der Waals surface area (Å²) in [5.41, 5.74) is 0. The van der Waals surface area contributed by atoms with Crippen LogP contribution in [0.4, 0.5) is 0 Å². The molecule has 68 valence electrons. The summed E-state index contributed by atoms with van der Waals surface area (Å²) in [6, 6.07) is 0. The van der Waals surface area contributed by atoms with Crippen molar-refractivity contribution in [3.8, 4) is 0 Å². The molecule has 0 saturated carbocycles. The van der Waals surface area contributed by atoms with Gasteiger partial charge in [-0.15, -0.1) is 0 Å². The fourth-order valence-corrected chi connectivity index (χ4v) is 0.697. The van der Waals surface area contributed by atoms with Gasteiger partial charge in [-0.05, 0) is 6.42 Å². The van der Waals surface area contributed by atoms with Crippen LogP contribution in [0.3, 0.4) is 0 Å². The van der Waals surface area contributed by atoms with Crippen LogP contribution in [-0.2, 0) is 19.6 Å². The van der Waals surface area contributed by atoms with Crippen LogP contribution in [0, 0.1) is 0 Å². The van der Waals surface area contributed by atoms with Crippen LogP contribution in [0.1, 0.15) is 19.8 Å². The van der Waals surface area contributed by atoms with Crippen molar-refractivity contribution >= 4 is 67.5 Å². The van der Waals surface area contributed by atoms with Gasteiger partial charge in [0.1, 0.15) is 0 Å². The van der Waals surface area contributed by atoms with Gasteiger partial charge in [0.15, 0.2) is 0 Å². The molecule has 0 heterocycles. The average molecular weight is 222 g/mol.